The van der Waals surface area contributed by atoms with Crippen LogP contribution in [-0.4, -0.2) is 29.9 Å². The molecule has 1 unspecified atom stereocenters. The third-order valence-electron chi connectivity index (χ3n) is 3.28. The van der Waals surface area contributed by atoms with Crippen molar-refractivity contribution in [1.29, 1.82) is 0 Å². The standard InChI is InChI=1S/C11H23N3O/c1-9-6-4-5-7-14(9)8-11(2,3)10(15)13-12/h9H,4-8,12H2,1-3H3,(H,13,15). The molecule has 0 aromatic heterocycles. The number of nitrogens with two attached hydrogens (primary N) is 1. The van der Waals surface area contributed by atoms with Gasteiger partial charge in [-0.2, -0.15) is 0 Å². The van der Waals surface area contributed by atoms with Crippen molar-refractivity contribution in [1.82, 2.24) is 10.3 Å². The van der Waals surface area contributed by atoms with E-state index >= 15 is 0 Å². The van der Waals surface area contributed by atoms with E-state index in [1.165, 1.54) is 19.3 Å². The number of carbonyl (C=O) groups excluding carboxylic acids is 1. The molecule has 1 aliphatic heterocycles. The van der Waals surface area contributed by atoms with Crippen molar-refractivity contribution in [3.05, 3.63) is 0 Å². The van der Waals surface area contributed by atoms with E-state index in [1.54, 1.807) is 0 Å². The van der Waals surface area contributed by atoms with Gasteiger partial charge in [-0.25, -0.2) is 5.84 Å². The number of amides is 1. The molecule has 0 saturated carbocycles. The summed E-state index contributed by atoms with van der Waals surface area (Å²) < 4.78 is 0. The second-order valence-corrected chi connectivity index (χ2v) is 5.17. The molecule has 0 aliphatic carbocycles. The summed E-state index contributed by atoms with van der Waals surface area (Å²) in [7, 11) is 0. The van der Waals surface area contributed by atoms with Crippen molar-refractivity contribution in [2.24, 2.45) is 11.3 Å². The minimum absolute atomic E-state index is 0.0831. The highest BCUT2D eigenvalue weighted by molar-refractivity contribution is 5.81. The van der Waals surface area contributed by atoms with Gasteiger partial charge in [0, 0.05) is 12.6 Å². The molecule has 1 fully saturated rings. The fourth-order valence-corrected chi connectivity index (χ4v) is 2.17. The number of hydrogen-bond donors (Lipinski definition) is 2. The molecule has 0 bridgehead atoms. The molecular formula is C11H23N3O. The van der Waals surface area contributed by atoms with Gasteiger partial charge in [-0.3, -0.25) is 15.1 Å². The third kappa shape index (κ3) is 3.18. The van der Waals surface area contributed by atoms with Crippen molar-refractivity contribution >= 4 is 5.91 Å². The molecule has 1 saturated heterocycles. The highest BCUT2D eigenvalue weighted by Gasteiger charge is 2.31. The Morgan fingerprint density at radius 3 is 2.73 bits per heavy atom. The molecule has 0 spiro atoms. The summed E-state index contributed by atoms with van der Waals surface area (Å²) in [6.07, 6.45) is 3.78. The summed E-state index contributed by atoms with van der Waals surface area (Å²) in [6.45, 7) is 8.00. The largest absolute Gasteiger partial charge is 0.300 e. The fraction of sp³-hybridized carbons (Fsp3) is 0.909. The maximum atomic E-state index is 11.6. The number of piperidine rings is 1. The lowest BCUT2D eigenvalue weighted by Crippen LogP contribution is -2.50. The molecule has 1 rings (SSSR count). The van der Waals surface area contributed by atoms with Crippen LogP contribution in [0.5, 0.6) is 0 Å². The number of likely N-dealkylation sites (tertiary alicyclic amines) is 1. The number of hydrogen-bond acceptors (Lipinski definition) is 3. The summed E-state index contributed by atoms with van der Waals surface area (Å²) in [6, 6.07) is 0.587. The normalized spacial score (nSPS) is 23.9. The van der Waals surface area contributed by atoms with E-state index in [2.05, 4.69) is 17.2 Å². The van der Waals surface area contributed by atoms with Crippen molar-refractivity contribution in [3.8, 4) is 0 Å². The molecular weight excluding hydrogens is 190 g/mol. The Morgan fingerprint density at radius 1 is 1.53 bits per heavy atom. The maximum Gasteiger partial charge on any atom is 0.240 e. The van der Waals surface area contributed by atoms with Gasteiger partial charge in [0.25, 0.3) is 0 Å². The predicted octanol–water partition coefficient (Wildman–Crippen LogP) is 0.877. The predicted molar refractivity (Wildman–Crippen MR) is 61.0 cm³/mol. The molecule has 3 N–H and O–H groups in total. The molecule has 1 heterocycles. The number of rotatable bonds is 3. The summed E-state index contributed by atoms with van der Waals surface area (Å²) in [5.74, 6) is 5.10. The topological polar surface area (TPSA) is 58.4 Å². The lowest BCUT2D eigenvalue weighted by Gasteiger charge is -2.38. The Bertz CT molecular complexity index is 228. The van der Waals surface area contributed by atoms with Crippen LogP contribution in [0.15, 0.2) is 0 Å². The van der Waals surface area contributed by atoms with Crippen molar-refractivity contribution in [3.63, 3.8) is 0 Å². The first-order chi connectivity index (χ1) is 6.97. The maximum absolute atomic E-state index is 11.6. The lowest BCUT2D eigenvalue weighted by atomic mass is 9.90. The van der Waals surface area contributed by atoms with Crippen molar-refractivity contribution in [2.75, 3.05) is 13.1 Å². The van der Waals surface area contributed by atoms with Crippen LogP contribution in [0.2, 0.25) is 0 Å². The minimum atomic E-state index is -0.402. The van der Waals surface area contributed by atoms with Gasteiger partial charge in [-0.1, -0.05) is 6.42 Å². The zero-order chi connectivity index (χ0) is 11.5. The number of hydrazine groups is 1. The first-order valence-corrected chi connectivity index (χ1v) is 5.72. The van der Waals surface area contributed by atoms with Gasteiger partial charge >= 0.3 is 0 Å². The van der Waals surface area contributed by atoms with Crippen LogP contribution in [0.1, 0.15) is 40.0 Å². The zero-order valence-corrected chi connectivity index (χ0v) is 10.0. The summed E-state index contributed by atoms with van der Waals surface area (Å²) in [4.78, 5) is 13.9. The van der Waals surface area contributed by atoms with E-state index in [4.69, 9.17) is 5.84 Å². The molecule has 1 amide bonds. The van der Waals surface area contributed by atoms with Crippen LogP contribution in [0.25, 0.3) is 0 Å². The molecule has 88 valence electrons. The van der Waals surface area contributed by atoms with Gasteiger partial charge in [0.2, 0.25) is 5.91 Å². The van der Waals surface area contributed by atoms with Crippen LogP contribution < -0.4 is 11.3 Å². The second-order valence-electron chi connectivity index (χ2n) is 5.17. The van der Waals surface area contributed by atoms with E-state index in [0.717, 1.165) is 13.1 Å². The molecule has 4 heteroatoms. The number of carbonyl (C=O) groups is 1. The molecule has 1 atom stereocenters. The average Bonchev–Trinajstić information content (AvgIpc) is 2.20. The monoisotopic (exact) mass is 213 g/mol. The van der Waals surface area contributed by atoms with Crippen molar-refractivity contribution < 1.29 is 4.79 Å². The Balaban J connectivity index is 2.55. The van der Waals surface area contributed by atoms with E-state index in [1.807, 2.05) is 13.8 Å². The third-order valence-corrected chi connectivity index (χ3v) is 3.28. The fourth-order valence-electron chi connectivity index (χ4n) is 2.17. The van der Waals surface area contributed by atoms with Gasteiger partial charge in [0.05, 0.1) is 5.41 Å². The highest BCUT2D eigenvalue weighted by Crippen LogP contribution is 2.23. The van der Waals surface area contributed by atoms with Gasteiger partial charge in [-0.05, 0) is 40.2 Å². The molecule has 15 heavy (non-hydrogen) atoms. The van der Waals surface area contributed by atoms with Crippen LogP contribution >= 0.6 is 0 Å². The van der Waals surface area contributed by atoms with Crippen LogP contribution in [0.3, 0.4) is 0 Å². The van der Waals surface area contributed by atoms with Crippen LogP contribution in [0, 0.1) is 5.41 Å². The average molecular weight is 213 g/mol. The number of nitrogens with zero attached hydrogens (tertiary/aromatic N) is 1. The Labute approximate surface area is 92.2 Å². The Morgan fingerprint density at radius 2 is 2.20 bits per heavy atom. The van der Waals surface area contributed by atoms with Crippen LogP contribution in [0.4, 0.5) is 0 Å². The molecule has 0 radical (unpaired) electrons. The SMILES string of the molecule is CC1CCCCN1CC(C)(C)C(=O)NN. The van der Waals surface area contributed by atoms with E-state index in [-0.39, 0.29) is 5.91 Å². The van der Waals surface area contributed by atoms with Crippen molar-refractivity contribution in [2.45, 2.75) is 46.1 Å². The van der Waals surface area contributed by atoms with Crippen LogP contribution in [-0.2, 0) is 4.79 Å². The molecule has 0 aromatic carbocycles. The minimum Gasteiger partial charge on any atom is -0.300 e. The summed E-state index contributed by atoms with van der Waals surface area (Å²) in [5.41, 5.74) is 1.84. The summed E-state index contributed by atoms with van der Waals surface area (Å²) >= 11 is 0. The van der Waals surface area contributed by atoms with Gasteiger partial charge in [0.1, 0.15) is 0 Å². The molecule has 4 nitrogen and oxygen atoms in total. The molecule has 0 aromatic rings. The number of nitrogens with one attached hydrogen (secondary N) is 1. The van der Waals surface area contributed by atoms with Gasteiger partial charge in [0.15, 0.2) is 0 Å². The Hall–Kier alpha value is -0.610. The quantitative estimate of drug-likeness (QED) is 0.415. The first-order valence-electron chi connectivity index (χ1n) is 5.72. The Kier molecular flexibility index (Phi) is 4.11. The second kappa shape index (κ2) is 4.94. The zero-order valence-electron chi connectivity index (χ0n) is 10.0. The van der Waals surface area contributed by atoms with Gasteiger partial charge in [-0.15, -0.1) is 0 Å². The van der Waals surface area contributed by atoms with E-state index < -0.39 is 5.41 Å². The lowest BCUT2D eigenvalue weighted by molar-refractivity contribution is -0.130. The van der Waals surface area contributed by atoms with E-state index in [9.17, 15) is 4.79 Å². The molecule has 1 aliphatic rings. The summed E-state index contributed by atoms with van der Waals surface area (Å²) in [5, 5.41) is 0. The van der Waals surface area contributed by atoms with E-state index in [0.29, 0.717) is 6.04 Å². The van der Waals surface area contributed by atoms with Gasteiger partial charge < -0.3 is 0 Å². The first kappa shape index (κ1) is 12.5. The highest BCUT2D eigenvalue weighted by atomic mass is 16.2. The smallest absolute Gasteiger partial charge is 0.240 e.